The molecule has 0 aromatic heterocycles. The molecular weight excluding hydrogens is 460 g/mol. The van der Waals surface area contributed by atoms with Crippen molar-refractivity contribution in [1.29, 1.82) is 0 Å². The van der Waals surface area contributed by atoms with Crippen molar-refractivity contribution in [1.82, 2.24) is 15.5 Å². The molecule has 35 heavy (non-hydrogen) atoms. The molecule has 0 aromatic carbocycles. The summed E-state index contributed by atoms with van der Waals surface area (Å²) >= 11 is 0. The maximum Gasteiger partial charge on any atom is 0.253 e. The molecule has 6 N–H and O–H groups in total. The summed E-state index contributed by atoms with van der Waals surface area (Å²) in [6.07, 6.45) is 2.93. The highest BCUT2D eigenvalue weighted by Crippen LogP contribution is 2.37. The summed E-state index contributed by atoms with van der Waals surface area (Å²) in [7, 11) is 0. The van der Waals surface area contributed by atoms with Gasteiger partial charge in [-0.05, 0) is 38.5 Å². The van der Waals surface area contributed by atoms with Crippen LogP contribution in [0.4, 0.5) is 8.78 Å². The zero-order valence-corrected chi connectivity index (χ0v) is 20.0. The lowest BCUT2D eigenvalue weighted by Gasteiger charge is -2.44. The summed E-state index contributed by atoms with van der Waals surface area (Å²) in [4.78, 5) is 51.9. The number of primary amides is 1. The van der Waals surface area contributed by atoms with Crippen molar-refractivity contribution in [2.45, 2.75) is 94.8 Å². The number of nitrogens with two attached hydrogens (primary N) is 2. The van der Waals surface area contributed by atoms with Crippen molar-refractivity contribution in [3.63, 3.8) is 0 Å². The Morgan fingerprint density at radius 1 is 1.20 bits per heavy atom. The average Bonchev–Trinajstić information content (AvgIpc) is 2.75. The maximum atomic E-state index is 14.7. The summed E-state index contributed by atoms with van der Waals surface area (Å²) in [6, 6.07) is -4.97. The van der Waals surface area contributed by atoms with Crippen LogP contribution < -0.4 is 22.1 Å². The fraction of sp³-hybridized carbons (Fsp3) is 0.750. The minimum absolute atomic E-state index is 0.0522. The monoisotopic (exact) mass is 495 g/mol. The van der Waals surface area contributed by atoms with Crippen LogP contribution >= 0.6 is 0 Å². The normalized spacial score (nSPS) is 27.9. The smallest absolute Gasteiger partial charge is 0.253 e. The molecule has 3 rings (SSSR count). The molecule has 9 nitrogen and oxygen atoms in total. The van der Waals surface area contributed by atoms with Crippen LogP contribution in [-0.4, -0.2) is 65.2 Å². The van der Waals surface area contributed by atoms with E-state index < -0.39 is 66.6 Å². The van der Waals surface area contributed by atoms with E-state index in [1.165, 1.54) is 6.92 Å². The highest BCUT2D eigenvalue weighted by atomic mass is 19.3. The van der Waals surface area contributed by atoms with Crippen LogP contribution in [0.1, 0.15) is 64.7 Å². The average molecular weight is 496 g/mol. The molecule has 2 saturated heterocycles. The Balaban J connectivity index is 1.81. The number of nitrogens with zero attached hydrogens (tertiary/aromatic N) is 1. The highest BCUT2D eigenvalue weighted by Gasteiger charge is 2.51. The molecule has 3 aliphatic rings. The van der Waals surface area contributed by atoms with Gasteiger partial charge in [0.05, 0.1) is 12.1 Å². The number of carbonyl (C=O) groups is 4. The molecule has 11 heteroatoms. The third-order valence-electron chi connectivity index (χ3n) is 7.23. The van der Waals surface area contributed by atoms with Crippen LogP contribution in [0.3, 0.4) is 0 Å². The Labute approximate surface area is 204 Å². The summed E-state index contributed by atoms with van der Waals surface area (Å²) in [5, 5.41) is 5.13. The molecule has 5 atom stereocenters. The number of hydrogen-bond acceptors (Lipinski definition) is 5. The van der Waals surface area contributed by atoms with Crippen LogP contribution in [0.25, 0.3) is 0 Å². The number of hydrogen-bond donors (Lipinski definition) is 4. The van der Waals surface area contributed by atoms with E-state index in [1.54, 1.807) is 0 Å². The quantitative estimate of drug-likeness (QED) is 0.360. The molecule has 0 spiro atoms. The Morgan fingerprint density at radius 3 is 2.49 bits per heavy atom. The predicted octanol–water partition coefficient (Wildman–Crippen LogP) is 0.409. The van der Waals surface area contributed by atoms with Gasteiger partial charge < -0.3 is 27.0 Å². The van der Waals surface area contributed by atoms with Gasteiger partial charge in [-0.1, -0.05) is 25.2 Å². The third-order valence-corrected chi connectivity index (χ3v) is 7.23. The summed E-state index contributed by atoms with van der Waals surface area (Å²) in [6.45, 7) is 2.00. The van der Waals surface area contributed by atoms with Crippen molar-refractivity contribution in [3.05, 3.63) is 0 Å². The van der Waals surface area contributed by atoms with Gasteiger partial charge in [-0.2, -0.15) is 0 Å². The van der Waals surface area contributed by atoms with E-state index in [2.05, 4.69) is 22.5 Å². The Bertz CT molecular complexity index is 898. The highest BCUT2D eigenvalue weighted by molar-refractivity contribution is 5.93. The topological polar surface area (TPSA) is 148 Å². The zero-order valence-electron chi connectivity index (χ0n) is 20.0. The lowest BCUT2D eigenvalue weighted by Crippen LogP contribution is -2.64. The molecule has 0 aromatic rings. The zero-order chi connectivity index (χ0) is 25.8. The number of rotatable bonds is 8. The molecule has 1 unspecified atom stereocenters. The number of nitrogens with one attached hydrogen (secondary N) is 2. The summed E-state index contributed by atoms with van der Waals surface area (Å²) in [5.74, 6) is -0.972. The van der Waals surface area contributed by atoms with Crippen LogP contribution in [0.2, 0.25) is 0 Å². The predicted molar refractivity (Wildman–Crippen MR) is 123 cm³/mol. The second-order valence-corrected chi connectivity index (χ2v) is 9.90. The second kappa shape index (κ2) is 11.3. The first-order chi connectivity index (χ1) is 16.5. The lowest BCUT2D eigenvalue weighted by molar-refractivity contribution is -0.158. The van der Waals surface area contributed by atoms with Gasteiger partial charge in [0.1, 0.15) is 12.1 Å². The molecule has 4 amide bonds. The Hall–Kier alpha value is -2.74. The van der Waals surface area contributed by atoms with Gasteiger partial charge in [0.2, 0.25) is 23.6 Å². The van der Waals surface area contributed by atoms with Crippen LogP contribution in [0.5, 0.6) is 0 Å². The van der Waals surface area contributed by atoms with Crippen LogP contribution in [0, 0.1) is 23.7 Å². The first kappa shape index (κ1) is 26.9. The SMILES string of the molecule is CC#CC1CC(F)(F)C[C@@H](C(=O)N[C@@H](C[C@@H]2CCCNC2=O)C(N)=O)N1C(=O)[C@@H](N)CC1CCC1. The minimum atomic E-state index is -3.25. The van der Waals surface area contributed by atoms with E-state index >= 15 is 0 Å². The van der Waals surface area contributed by atoms with E-state index in [4.69, 9.17) is 11.5 Å². The number of likely N-dealkylation sites (tertiary alicyclic amines) is 1. The molecule has 0 bridgehead atoms. The molecule has 2 heterocycles. The standard InChI is InChI=1S/C24H35F2N5O4/c1-2-5-16-12-24(25,26)13-19(31(16)23(35)17(27)10-14-6-3-7-14)22(34)30-18(20(28)32)11-15-8-4-9-29-21(15)33/h14-19H,3-4,6-13,27H2,1H3,(H2,28,32)(H,29,33)(H,30,34)/t15-,16?,17-,18-,19-/m0/s1. The molecule has 1 saturated carbocycles. The van der Waals surface area contributed by atoms with Crippen molar-refractivity contribution in [2.75, 3.05) is 6.54 Å². The van der Waals surface area contributed by atoms with Crippen molar-refractivity contribution in [3.8, 4) is 11.8 Å². The minimum Gasteiger partial charge on any atom is -0.368 e. The van der Waals surface area contributed by atoms with Gasteiger partial charge in [0.15, 0.2) is 0 Å². The Morgan fingerprint density at radius 2 is 1.91 bits per heavy atom. The van der Waals surface area contributed by atoms with E-state index in [-0.39, 0.29) is 12.3 Å². The van der Waals surface area contributed by atoms with Crippen molar-refractivity contribution in [2.24, 2.45) is 23.3 Å². The fourth-order valence-electron chi connectivity index (χ4n) is 5.12. The largest absolute Gasteiger partial charge is 0.368 e. The lowest BCUT2D eigenvalue weighted by atomic mass is 9.80. The molecule has 2 aliphatic heterocycles. The maximum absolute atomic E-state index is 14.7. The number of halogens is 2. The number of alkyl halides is 2. The van der Waals surface area contributed by atoms with Crippen molar-refractivity contribution >= 4 is 23.6 Å². The molecule has 194 valence electrons. The van der Waals surface area contributed by atoms with Crippen LogP contribution in [0.15, 0.2) is 0 Å². The van der Waals surface area contributed by atoms with Gasteiger partial charge in [-0.3, -0.25) is 19.2 Å². The van der Waals surface area contributed by atoms with E-state index in [0.29, 0.717) is 31.7 Å². The first-order valence-electron chi connectivity index (χ1n) is 12.3. The van der Waals surface area contributed by atoms with Gasteiger partial charge in [0.25, 0.3) is 5.92 Å². The summed E-state index contributed by atoms with van der Waals surface area (Å²) in [5.41, 5.74) is 11.6. The molecule has 0 radical (unpaired) electrons. The number of amides is 4. The first-order valence-corrected chi connectivity index (χ1v) is 12.3. The number of piperidine rings is 2. The molecule has 1 aliphatic carbocycles. The second-order valence-electron chi connectivity index (χ2n) is 9.90. The molecular formula is C24H35F2N5O4. The Kier molecular flexibility index (Phi) is 8.70. The van der Waals surface area contributed by atoms with Gasteiger partial charge >= 0.3 is 0 Å². The fourth-order valence-corrected chi connectivity index (χ4v) is 5.12. The van der Waals surface area contributed by atoms with E-state index in [0.717, 1.165) is 24.2 Å². The van der Waals surface area contributed by atoms with E-state index in [1.807, 2.05) is 0 Å². The number of carbonyl (C=O) groups excluding carboxylic acids is 4. The van der Waals surface area contributed by atoms with Crippen molar-refractivity contribution < 1.29 is 28.0 Å². The van der Waals surface area contributed by atoms with Gasteiger partial charge in [-0.25, -0.2) is 8.78 Å². The van der Waals surface area contributed by atoms with Gasteiger partial charge in [-0.15, -0.1) is 5.92 Å². The van der Waals surface area contributed by atoms with Crippen LogP contribution in [-0.2, 0) is 19.2 Å². The third kappa shape index (κ3) is 6.69. The molecule has 3 fully saturated rings. The summed E-state index contributed by atoms with van der Waals surface area (Å²) < 4.78 is 29.3. The van der Waals surface area contributed by atoms with Gasteiger partial charge in [0, 0.05) is 25.3 Å². The van der Waals surface area contributed by atoms with E-state index in [9.17, 15) is 28.0 Å².